The van der Waals surface area contributed by atoms with Crippen LogP contribution in [0.3, 0.4) is 0 Å². The second-order valence-corrected chi connectivity index (χ2v) is 2.81. The van der Waals surface area contributed by atoms with Crippen molar-refractivity contribution in [1.82, 2.24) is 4.57 Å². The van der Waals surface area contributed by atoms with Crippen molar-refractivity contribution < 1.29 is 4.42 Å². The third kappa shape index (κ3) is 1.25. The fraction of sp³-hybridized carbons (Fsp3) is 0.222. The highest BCUT2D eigenvalue weighted by atomic mass is 16.3. The fourth-order valence-electron chi connectivity index (χ4n) is 1.31. The van der Waals surface area contributed by atoms with Crippen LogP contribution in [0.1, 0.15) is 0 Å². The molecule has 0 unspecified atom stereocenters. The molecule has 4 heteroatoms. The first kappa shape index (κ1) is 8.07. The fourth-order valence-corrected chi connectivity index (χ4v) is 1.31. The van der Waals surface area contributed by atoms with Crippen molar-refractivity contribution in [2.24, 2.45) is 5.73 Å². The molecule has 13 heavy (non-hydrogen) atoms. The molecule has 0 amide bonds. The first-order valence-corrected chi connectivity index (χ1v) is 4.09. The topological polar surface area (TPSA) is 61.2 Å². The number of hydrogen-bond acceptors (Lipinski definition) is 3. The summed E-state index contributed by atoms with van der Waals surface area (Å²) in [7, 11) is 0. The molecule has 2 heterocycles. The Hall–Kier alpha value is -1.55. The van der Waals surface area contributed by atoms with Gasteiger partial charge in [-0.05, 0) is 12.1 Å². The lowest BCUT2D eigenvalue weighted by molar-refractivity contribution is 0.596. The van der Waals surface area contributed by atoms with Gasteiger partial charge in [-0.1, -0.05) is 0 Å². The Morgan fingerprint density at radius 1 is 1.46 bits per heavy atom. The largest absolute Gasteiger partial charge is 0.459 e. The van der Waals surface area contributed by atoms with Gasteiger partial charge >= 0.3 is 0 Å². The summed E-state index contributed by atoms with van der Waals surface area (Å²) >= 11 is 0. The van der Waals surface area contributed by atoms with E-state index in [2.05, 4.69) is 0 Å². The van der Waals surface area contributed by atoms with Crippen LogP contribution in [0.2, 0.25) is 0 Å². The Morgan fingerprint density at radius 3 is 3.08 bits per heavy atom. The summed E-state index contributed by atoms with van der Waals surface area (Å²) in [5, 5.41) is 0.832. The van der Waals surface area contributed by atoms with Crippen molar-refractivity contribution in [3.63, 3.8) is 0 Å². The van der Waals surface area contributed by atoms with Crippen LogP contribution in [0.4, 0.5) is 0 Å². The molecule has 2 aromatic rings. The van der Waals surface area contributed by atoms with E-state index in [1.54, 1.807) is 16.8 Å². The highest BCUT2D eigenvalue weighted by Crippen LogP contribution is 2.09. The SMILES string of the molecule is NCCn1ccc2ccoc2c1=O. The van der Waals surface area contributed by atoms with Gasteiger partial charge in [-0.3, -0.25) is 4.79 Å². The average molecular weight is 178 g/mol. The van der Waals surface area contributed by atoms with E-state index in [0.717, 1.165) is 5.39 Å². The molecule has 0 atom stereocenters. The number of rotatable bonds is 2. The zero-order valence-corrected chi connectivity index (χ0v) is 7.06. The van der Waals surface area contributed by atoms with E-state index in [4.69, 9.17) is 10.2 Å². The molecule has 0 aliphatic rings. The highest BCUT2D eigenvalue weighted by Gasteiger charge is 2.03. The Balaban J connectivity index is 2.67. The maximum atomic E-state index is 11.6. The van der Waals surface area contributed by atoms with Gasteiger partial charge in [-0.15, -0.1) is 0 Å². The number of fused-ring (bicyclic) bond motifs is 1. The first-order chi connectivity index (χ1) is 6.33. The average Bonchev–Trinajstić information content (AvgIpc) is 2.58. The highest BCUT2D eigenvalue weighted by molar-refractivity contribution is 5.75. The Kier molecular flexibility index (Phi) is 1.90. The van der Waals surface area contributed by atoms with E-state index in [0.29, 0.717) is 18.7 Å². The number of nitrogens with zero attached hydrogens (tertiary/aromatic N) is 1. The smallest absolute Gasteiger partial charge is 0.294 e. The van der Waals surface area contributed by atoms with E-state index >= 15 is 0 Å². The van der Waals surface area contributed by atoms with E-state index in [-0.39, 0.29) is 5.56 Å². The van der Waals surface area contributed by atoms with Gasteiger partial charge in [0.2, 0.25) is 0 Å². The Labute approximate surface area is 74.6 Å². The van der Waals surface area contributed by atoms with Gasteiger partial charge in [-0.25, -0.2) is 0 Å². The van der Waals surface area contributed by atoms with Gasteiger partial charge in [0.15, 0.2) is 5.58 Å². The zero-order valence-electron chi connectivity index (χ0n) is 7.06. The van der Waals surface area contributed by atoms with Crippen LogP contribution in [0, 0.1) is 0 Å². The van der Waals surface area contributed by atoms with E-state index in [1.807, 2.05) is 6.07 Å². The predicted octanol–water partition coefficient (Wildman–Crippen LogP) is 0.553. The number of pyridine rings is 1. The summed E-state index contributed by atoms with van der Waals surface area (Å²) in [6, 6.07) is 3.61. The van der Waals surface area contributed by atoms with Gasteiger partial charge in [0, 0.05) is 24.7 Å². The molecular formula is C9H10N2O2. The number of furan rings is 1. The molecule has 4 nitrogen and oxygen atoms in total. The van der Waals surface area contributed by atoms with Crippen LogP contribution in [-0.2, 0) is 6.54 Å². The van der Waals surface area contributed by atoms with Crippen molar-refractivity contribution >= 4 is 11.0 Å². The molecule has 0 fully saturated rings. The Bertz CT molecular complexity index is 470. The zero-order chi connectivity index (χ0) is 9.26. The maximum Gasteiger partial charge on any atom is 0.294 e. The molecule has 0 aliphatic carbocycles. The molecule has 68 valence electrons. The molecule has 2 aromatic heterocycles. The van der Waals surface area contributed by atoms with Gasteiger partial charge in [0.25, 0.3) is 5.56 Å². The second-order valence-electron chi connectivity index (χ2n) is 2.81. The standard InChI is InChI=1S/C9H10N2O2/c10-3-5-11-4-1-7-2-6-13-8(7)9(11)12/h1-2,4,6H,3,5,10H2. The minimum Gasteiger partial charge on any atom is -0.459 e. The summed E-state index contributed by atoms with van der Waals surface area (Å²) in [6.45, 7) is 0.974. The van der Waals surface area contributed by atoms with E-state index in [1.165, 1.54) is 6.26 Å². The lowest BCUT2D eigenvalue weighted by Gasteiger charge is -2.01. The van der Waals surface area contributed by atoms with E-state index < -0.39 is 0 Å². The quantitative estimate of drug-likeness (QED) is 0.730. The second kappa shape index (κ2) is 3.06. The minimum atomic E-state index is -0.118. The van der Waals surface area contributed by atoms with Crippen molar-refractivity contribution in [2.75, 3.05) is 6.54 Å². The third-order valence-corrected chi connectivity index (χ3v) is 1.95. The summed E-state index contributed by atoms with van der Waals surface area (Å²) in [5.41, 5.74) is 5.64. The molecule has 0 aliphatic heterocycles. The summed E-state index contributed by atoms with van der Waals surface area (Å²) in [6.07, 6.45) is 3.24. The van der Waals surface area contributed by atoms with Crippen LogP contribution in [0.15, 0.2) is 33.8 Å². The lowest BCUT2D eigenvalue weighted by Crippen LogP contribution is -2.22. The summed E-state index contributed by atoms with van der Waals surface area (Å²) in [4.78, 5) is 11.6. The van der Waals surface area contributed by atoms with Crippen molar-refractivity contribution in [1.29, 1.82) is 0 Å². The maximum absolute atomic E-state index is 11.6. The van der Waals surface area contributed by atoms with Gasteiger partial charge in [0.1, 0.15) is 0 Å². The van der Waals surface area contributed by atoms with E-state index in [9.17, 15) is 4.79 Å². The van der Waals surface area contributed by atoms with Crippen molar-refractivity contribution in [3.05, 3.63) is 34.9 Å². The Morgan fingerprint density at radius 2 is 2.31 bits per heavy atom. The van der Waals surface area contributed by atoms with Crippen LogP contribution in [0.5, 0.6) is 0 Å². The first-order valence-electron chi connectivity index (χ1n) is 4.09. The van der Waals surface area contributed by atoms with Gasteiger partial charge in [0.05, 0.1) is 6.26 Å². The number of hydrogen-bond donors (Lipinski definition) is 1. The minimum absolute atomic E-state index is 0.118. The van der Waals surface area contributed by atoms with Crippen LogP contribution >= 0.6 is 0 Å². The number of nitrogens with two attached hydrogens (primary N) is 1. The van der Waals surface area contributed by atoms with Crippen LogP contribution in [0.25, 0.3) is 11.0 Å². The lowest BCUT2D eigenvalue weighted by atomic mass is 10.3. The van der Waals surface area contributed by atoms with Crippen molar-refractivity contribution in [2.45, 2.75) is 6.54 Å². The molecule has 2 rings (SSSR count). The predicted molar refractivity (Wildman–Crippen MR) is 49.5 cm³/mol. The molecular weight excluding hydrogens is 168 g/mol. The monoisotopic (exact) mass is 178 g/mol. The van der Waals surface area contributed by atoms with Gasteiger partial charge < -0.3 is 14.7 Å². The molecule has 0 bridgehead atoms. The van der Waals surface area contributed by atoms with Crippen molar-refractivity contribution in [3.8, 4) is 0 Å². The number of aromatic nitrogens is 1. The molecule has 2 N–H and O–H groups in total. The third-order valence-electron chi connectivity index (χ3n) is 1.95. The van der Waals surface area contributed by atoms with Gasteiger partial charge in [-0.2, -0.15) is 0 Å². The van der Waals surface area contributed by atoms with Crippen LogP contribution in [-0.4, -0.2) is 11.1 Å². The summed E-state index contributed by atoms with van der Waals surface area (Å²) in [5.74, 6) is 0. The molecule has 0 saturated heterocycles. The molecule has 0 saturated carbocycles. The normalized spacial score (nSPS) is 10.8. The summed E-state index contributed by atoms with van der Waals surface area (Å²) < 4.78 is 6.61. The molecule has 0 aromatic carbocycles. The molecule has 0 radical (unpaired) electrons. The molecule has 0 spiro atoms. The van der Waals surface area contributed by atoms with Crippen LogP contribution < -0.4 is 11.3 Å².